The molecule has 4 nitrogen and oxygen atoms in total. The first-order valence-electron chi connectivity index (χ1n) is 8.16. The van der Waals surface area contributed by atoms with Gasteiger partial charge in [0.15, 0.2) is 0 Å². The lowest BCUT2D eigenvalue weighted by molar-refractivity contribution is -0.139. The average Bonchev–Trinajstić information content (AvgIpc) is 3.11. The van der Waals surface area contributed by atoms with Crippen molar-refractivity contribution in [2.75, 3.05) is 0 Å². The van der Waals surface area contributed by atoms with Crippen molar-refractivity contribution in [3.63, 3.8) is 0 Å². The fourth-order valence-corrected chi connectivity index (χ4v) is 3.33. The predicted octanol–water partition coefficient (Wildman–Crippen LogP) is 3.34. The number of rotatable bonds is 4. The van der Waals surface area contributed by atoms with E-state index >= 15 is 0 Å². The van der Waals surface area contributed by atoms with E-state index in [9.17, 15) is 9.59 Å². The molecule has 2 aromatic carbocycles. The van der Waals surface area contributed by atoms with Gasteiger partial charge < -0.3 is 4.57 Å². The Bertz CT molecular complexity index is 896. The van der Waals surface area contributed by atoms with Crippen LogP contribution in [0.1, 0.15) is 24.0 Å². The zero-order valence-corrected chi connectivity index (χ0v) is 13.3. The summed E-state index contributed by atoms with van der Waals surface area (Å²) in [6.07, 6.45) is 2.74. The van der Waals surface area contributed by atoms with E-state index in [4.69, 9.17) is 0 Å². The minimum absolute atomic E-state index is 0.0695. The Hall–Kier alpha value is -2.88. The molecule has 1 aromatic heterocycles. The molecule has 1 aliphatic heterocycles. The van der Waals surface area contributed by atoms with E-state index in [1.54, 1.807) is 0 Å². The molecule has 120 valence electrons. The van der Waals surface area contributed by atoms with E-state index in [0.29, 0.717) is 19.4 Å². The van der Waals surface area contributed by atoms with Gasteiger partial charge in [-0.3, -0.25) is 14.5 Å². The summed E-state index contributed by atoms with van der Waals surface area (Å²) < 4.78 is 2.19. The zero-order valence-electron chi connectivity index (χ0n) is 13.3. The van der Waals surface area contributed by atoms with E-state index < -0.39 is 0 Å². The number of benzene rings is 2. The van der Waals surface area contributed by atoms with Crippen LogP contribution in [0.3, 0.4) is 0 Å². The molecule has 4 heteroatoms. The number of para-hydroxylation sites is 1. The number of nitrogens with zero attached hydrogens (tertiary/aromatic N) is 2. The second kappa shape index (κ2) is 5.96. The molecular formula is C20H18N2O2. The van der Waals surface area contributed by atoms with Crippen molar-refractivity contribution in [1.29, 1.82) is 0 Å². The minimum atomic E-state index is -0.0695. The van der Waals surface area contributed by atoms with Crippen LogP contribution in [0, 0.1) is 0 Å². The summed E-state index contributed by atoms with van der Waals surface area (Å²) in [7, 11) is 0. The topological polar surface area (TPSA) is 42.3 Å². The molecule has 2 amide bonds. The number of hydrogen-bond acceptors (Lipinski definition) is 2. The number of carbonyl (C=O) groups excluding carboxylic acids is 2. The number of aromatic nitrogens is 1. The standard InChI is InChI=1S/C20H18N2O2/c23-19-10-11-20(24)22(19)14-16-13-21(12-15-6-2-1-3-7-15)18-9-5-4-8-17(16)18/h1-9,13H,10-12,14H2. The quantitative estimate of drug-likeness (QED) is 0.692. The molecule has 1 aliphatic rings. The van der Waals surface area contributed by atoms with Crippen molar-refractivity contribution in [2.24, 2.45) is 0 Å². The minimum Gasteiger partial charge on any atom is -0.343 e. The smallest absolute Gasteiger partial charge is 0.229 e. The molecule has 0 spiro atoms. The Kier molecular flexibility index (Phi) is 3.65. The molecular weight excluding hydrogens is 300 g/mol. The Labute approximate surface area is 140 Å². The van der Waals surface area contributed by atoms with Gasteiger partial charge in [0, 0.05) is 36.5 Å². The van der Waals surface area contributed by atoms with Crippen molar-refractivity contribution < 1.29 is 9.59 Å². The summed E-state index contributed by atoms with van der Waals surface area (Å²) >= 11 is 0. The lowest BCUT2D eigenvalue weighted by atomic mass is 10.1. The molecule has 0 N–H and O–H groups in total. The summed E-state index contributed by atoms with van der Waals surface area (Å²) in [6.45, 7) is 1.13. The monoisotopic (exact) mass is 318 g/mol. The highest BCUT2D eigenvalue weighted by atomic mass is 16.2. The molecule has 3 aromatic rings. The first-order chi connectivity index (χ1) is 11.7. The second-order valence-corrected chi connectivity index (χ2v) is 6.16. The van der Waals surface area contributed by atoms with Crippen LogP contribution in [-0.2, 0) is 22.7 Å². The number of carbonyl (C=O) groups is 2. The van der Waals surface area contributed by atoms with Gasteiger partial charge in [0.25, 0.3) is 0 Å². The predicted molar refractivity (Wildman–Crippen MR) is 92.3 cm³/mol. The fraction of sp³-hybridized carbons (Fsp3) is 0.200. The lowest BCUT2D eigenvalue weighted by Gasteiger charge is -2.12. The second-order valence-electron chi connectivity index (χ2n) is 6.16. The van der Waals surface area contributed by atoms with Crippen LogP contribution in [0.2, 0.25) is 0 Å². The summed E-state index contributed by atoms with van der Waals surface area (Å²) in [5.74, 6) is -0.139. The van der Waals surface area contributed by atoms with Crippen molar-refractivity contribution in [1.82, 2.24) is 9.47 Å². The maximum Gasteiger partial charge on any atom is 0.229 e. The lowest BCUT2D eigenvalue weighted by Crippen LogP contribution is -2.28. The van der Waals surface area contributed by atoms with Gasteiger partial charge in [0.1, 0.15) is 0 Å². The normalized spacial score (nSPS) is 14.8. The van der Waals surface area contributed by atoms with Gasteiger partial charge in [-0.25, -0.2) is 0 Å². The fourth-order valence-electron chi connectivity index (χ4n) is 3.33. The number of amides is 2. The first-order valence-corrected chi connectivity index (χ1v) is 8.16. The van der Waals surface area contributed by atoms with E-state index in [0.717, 1.165) is 23.0 Å². The molecule has 24 heavy (non-hydrogen) atoms. The van der Waals surface area contributed by atoms with Crippen LogP contribution < -0.4 is 0 Å². The maximum atomic E-state index is 11.9. The Balaban J connectivity index is 1.71. The van der Waals surface area contributed by atoms with Crippen molar-refractivity contribution in [3.8, 4) is 0 Å². The van der Waals surface area contributed by atoms with E-state index in [-0.39, 0.29) is 11.8 Å². The third-order valence-corrected chi connectivity index (χ3v) is 4.55. The van der Waals surface area contributed by atoms with Crippen LogP contribution in [0.15, 0.2) is 60.8 Å². The van der Waals surface area contributed by atoms with Crippen molar-refractivity contribution in [3.05, 3.63) is 71.9 Å². The average molecular weight is 318 g/mol. The van der Waals surface area contributed by atoms with Gasteiger partial charge in [0.05, 0.1) is 6.54 Å². The highest BCUT2D eigenvalue weighted by molar-refractivity contribution is 6.02. The maximum absolute atomic E-state index is 11.9. The molecule has 0 unspecified atom stereocenters. The van der Waals surface area contributed by atoms with Gasteiger partial charge >= 0.3 is 0 Å². The molecule has 2 heterocycles. The number of hydrogen-bond donors (Lipinski definition) is 0. The van der Waals surface area contributed by atoms with Crippen LogP contribution in [-0.4, -0.2) is 21.3 Å². The van der Waals surface area contributed by atoms with Gasteiger partial charge in [0.2, 0.25) is 11.8 Å². The third-order valence-electron chi connectivity index (χ3n) is 4.55. The van der Waals surface area contributed by atoms with E-state index in [2.05, 4.69) is 35.0 Å². The molecule has 0 saturated carbocycles. The molecule has 0 radical (unpaired) electrons. The van der Waals surface area contributed by atoms with E-state index in [1.165, 1.54) is 10.5 Å². The summed E-state index contributed by atoms with van der Waals surface area (Å²) in [4.78, 5) is 25.2. The van der Waals surface area contributed by atoms with Crippen LogP contribution in [0.5, 0.6) is 0 Å². The van der Waals surface area contributed by atoms with Gasteiger partial charge in [-0.05, 0) is 17.2 Å². The molecule has 1 fully saturated rings. The van der Waals surface area contributed by atoms with Crippen LogP contribution in [0.4, 0.5) is 0 Å². The Morgan fingerprint density at radius 3 is 2.21 bits per heavy atom. The third kappa shape index (κ3) is 2.60. The highest BCUT2D eigenvalue weighted by Crippen LogP contribution is 2.25. The Morgan fingerprint density at radius 1 is 0.792 bits per heavy atom. The SMILES string of the molecule is O=C1CCC(=O)N1Cc1cn(Cc2ccccc2)c2ccccc12. The zero-order chi connectivity index (χ0) is 16.5. The number of imide groups is 1. The Morgan fingerprint density at radius 2 is 1.46 bits per heavy atom. The molecule has 0 bridgehead atoms. The van der Waals surface area contributed by atoms with Gasteiger partial charge in [-0.15, -0.1) is 0 Å². The van der Waals surface area contributed by atoms with Crippen LogP contribution >= 0.6 is 0 Å². The number of fused-ring (bicyclic) bond motifs is 1. The summed E-state index contributed by atoms with van der Waals surface area (Å²) in [5.41, 5.74) is 3.36. The number of likely N-dealkylation sites (tertiary alicyclic amines) is 1. The first kappa shape index (κ1) is 14.7. The molecule has 4 rings (SSSR count). The highest BCUT2D eigenvalue weighted by Gasteiger charge is 2.29. The van der Waals surface area contributed by atoms with E-state index in [1.807, 2.05) is 30.3 Å². The molecule has 1 saturated heterocycles. The molecule has 0 atom stereocenters. The van der Waals surface area contributed by atoms with Gasteiger partial charge in [-0.2, -0.15) is 0 Å². The molecule has 0 aliphatic carbocycles. The largest absolute Gasteiger partial charge is 0.343 e. The summed E-state index contributed by atoms with van der Waals surface area (Å²) in [5, 5.41) is 1.10. The van der Waals surface area contributed by atoms with Gasteiger partial charge in [-0.1, -0.05) is 48.5 Å². The van der Waals surface area contributed by atoms with Crippen molar-refractivity contribution in [2.45, 2.75) is 25.9 Å². The van der Waals surface area contributed by atoms with Crippen molar-refractivity contribution >= 4 is 22.7 Å². The summed E-state index contributed by atoms with van der Waals surface area (Å²) in [6, 6.07) is 18.4. The van der Waals surface area contributed by atoms with Crippen LogP contribution in [0.25, 0.3) is 10.9 Å².